The summed E-state index contributed by atoms with van der Waals surface area (Å²) >= 11 is 0. The second-order valence-electron chi connectivity index (χ2n) is 4.07. The molecule has 0 amide bonds. The van der Waals surface area contributed by atoms with E-state index in [4.69, 9.17) is 14.6 Å². The number of carboxylic acid groups (broad SMARTS) is 1. The highest BCUT2D eigenvalue weighted by molar-refractivity contribution is 5.93. The molecule has 0 aromatic heterocycles. The maximum atomic E-state index is 11.5. The van der Waals surface area contributed by atoms with Crippen molar-refractivity contribution in [2.75, 3.05) is 0 Å². The van der Waals surface area contributed by atoms with Crippen molar-refractivity contribution in [2.24, 2.45) is 0 Å². The minimum absolute atomic E-state index is 0.0239. The van der Waals surface area contributed by atoms with E-state index in [1.165, 1.54) is 13.8 Å². The zero-order valence-electron chi connectivity index (χ0n) is 11.1. The molecule has 0 spiro atoms. The number of hydrogen-bond acceptors (Lipinski definition) is 5. The first-order valence-corrected chi connectivity index (χ1v) is 5.21. The van der Waals surface area contributed by atoms with E-state index >= 15 is 0 Å². The highest BCUT2D eigenvalue weighted by Gasteiger charge is 2.40. The van der Waals surface area contributed by atoms with E-state index < -0.39 is 29.3 Å². The Hall–Kier alpha value is -2.37. The number of aliphatic carboxylic acids is 1. The Labute approximate surface area is 111 Å². The van der Waals surface area contributed by atoms with Gasteiger partial charge in [0, 0.05) is 18.1 Å². The molecule has 6 heteroatoms. The van der Waals surface area contributed by atoms with Crippen LogP contribution in [0.15, 0.2) is 36.5 Å². The first-order valence-electron chi connectivity index (χ1n) is 5.21. The third-order valence-corrected chi connectivity index (χ3v) is 2.08. The molecule has 0 fully saturated rings. The van der Waals surface area contributed by atoms with Gasteiger partial charge in [0.25, 0.3) is 5.79 Å². The molecule has 0 radical (unpaired) electrons. The fourth-order valence-electron chi connectivity index (χ4n) is 0.866. The van der Waals surface area contributed by atoms with Crippen molar-refractivity contribution in [3.05, 3.63) is 36.5 Å². The Morgan fingerprint density at radius 3 is 1.47 bits per heavy atom. The molecule has 0 unspecified atom stereocenters. The van der Waals surface area contributed by atoms with Gasteiger partial charge in [0.05, 0.1) is 0 Å². The van der Waals surface area contributed by atoms with Crippen LogP contribution < -0.4 is 0 Å². The number of rotatable bonds is 6. The molecule has 0 heterocycles. The van der Waals surface area contributed by atoms with Crippen LogP contribution >= 0.6 is 0 Å². The molecule has 0 saturated carbocycles. The quantitative estimate of drug-likeness (QED) is 0.447. The Morgan fingerprint density at radius 2 is 1.26 bits per heavy atom. The average Bonchev–Trinajstić information content (AvgIpc) is 2.26. The molecule has 1 N–H and O–H groups in total. The maximum Gasteiger partial charge on any atom is 0.338 e. The van der Waals surface area contributed by atoms with Gasteiger partial charge in [-0.25, -0.2) is 14.4 Å². The molecular weight excluding hydrogens is 252 g/mol. The molecular formula is C13H16O6. The predicted octanol–water partition coefficient (Wildman–Crippen LogP) is 1.58. The summed E-state index contributed by atoms with van der Waals surface area (Å²) in [4.78, 5) is 33.9. The lowest BCUT2D eigenvalue weighted by molar-refractivity contribution is -0.205. The van der Waals surface area contributed by atoms with Crippen LogP contribution in [0.3, 0.4) is 0 Å². The zero-order valence-corrected chi connectivity index (χ0v) is 11.1. The van der Waals surface area contributed by atoms with Crippen LogP contribution in [-0.4, -0.2) is 28.8 Å². The summed E-state index contributed by atoms with van der Waals surface area (Å²) in [6, 6.07) is 0. The molecule has 0 rings (SSSR count). The number of carboxylic acids is 1. The van der Waals surface area contributed by atoms with Gasteiger partial charge in [0.1, 0.15) is 5.57 Å². The van der Waals surface area contributed by atoms with E-state index in [1.54, 1.807) is 0 Å². The first-order chi connectivity index (χ1) is 8.51. The molecule has 104 valence electrons. The summed E-state index contributed by atoms with van der Waals surface area (Å²) < 4.78 is 9.68. The molecule has 0 aliphatic carbocycles. The Bertz CT molecular complexity index is 444. The van der Waals surface area contributed by atoms with E-state index in [2.05, 4.69) is 19.7 Å². The summed E-state index contributed by atoms with van der Waals surface area (Å²) in [5, 5.41) is 8.89. The van der Waals surface area contributed by atoms with Crippen molar-refractivity contribution in [1.29, 1.82) is 0 Å². The Balaban J connectivity index is 5.36. The summed E-state index contributed by atoms with van der Waals surface area (Å²) in [6.07, 6.45) is 0. The molecule has 0 aliphatic rings. The summed E-state index contributed by atoms with van der Waals surface area (Å²) in [5.74, 6) is -5.40. The van der Waals surface area contributed by atoms with Crippen LogP contribution in [0, 0.1) is 0 Å². The first kappa shape index (κ1) is 16.6. The van der Waals surface area contributed by atoms with Gasteiger partial charge in [-0.1, -0.05) is 19.7 Å². The van der Waals surface area contributed by atoms with Crippen molar-refractivity contribution in [3.8, 4) is 0 Å². The van der Waals surface area contributed by atoms with E-state index in [9.17, 15) is 14.4 Å². The highest BCUT2D eigenvalue weighted by atomic mass is 16.7. The van der Waals surface area contributed by atoms with Crippen LogP contribution in [0.5, 0.6) is 0 Å². The van der Waals surface area contributed by atoms with Gasteiger partial charge in [0.2, 0.25) is 0 Å². The van der Waals surface area contributed by atoms with Gasteiger partial charge in [0.15, 0.2) is 0 Å². The number of hydrogen-bond donors (Lipinski definition) is 1. The monoisotopic (exact) mass is 268 g/mol. The molecule has 0 aliphatic heterocycles. The molecule has 0 atom stereocenters. The van der Waals surface area contributed by atoms with Crippen molar-refractivity contribution in [3.63, 3.8) is 0 Å². The van der Waals surface area contributed by atoms with Crippen LogP contribution in [0.25, 0.3) is 0 Å². The molecule has 0 saturated heterocycles. The minimum Gasteiger partial charge on any atom is -0.478 e. The van der Waals surface area contributed by atoms with Gasteiger partial charge in [-0.05, 0) is 13.8 Å². The van der Waals surface area contributed by atoms with E-state index in [0.29, 0.717) is 0 Å². The third kappa shape index (κ3) is 4.42. The van der Waals surface area contributed by atoms with E-state index in [-0.39, 0.29) is 11.1 Å². The molecule has 0 aromatic rings. The lowest BCUT2D eigenvalue weighted by Gasteiger charge is -2.29. The van der Waals surface area contributed by atoms with Crippen LogP contribution in [0.2, 0.25) is 0 Å². The lowest BCUT2D eigenvalue weighted by Crippen LogP contribution is -2.41. The second kappa shape index (κ2) is 5.99. The van der Waals surface area contributed by atoms with Crippen molar-refractivity contribution in [2.45, 2.75) is 26.6 Å². The fourth-order valence-corrected chi connectivity index (χ4v) is 0.866. The van der Waals surface area contributed by atoms with Gasteiger partial charge in [-0.3, -0.25) is 0 Å². The highest BCUT2D eigenvalue weighted by Crippen LogP contribution is 2.24. The van der Waals surface area contributed by atoms with Gasteiger partial charge in [-0.15, -0.1) is 0 Å². The summed E-state index contributed by atoms with van der Waals surface area (Å²) in [7, 11) is 0. The van der Waals surface area contributed by atoms with Crippen LogP contribution in [-0.2, 0) is 23.9 Å². The Kier molecular flexibility index (Phi) is 5.24. The smallest absolute Gasteiger partial charge is 0.338 e. The molecule has 0 bridgehead atoms. The number of esters is 2. The second-order valence-corrected chi connectivity index (χ2v) is 4.07. The molecule has 19 heavy (non-hydrogen) atoms. The van der Waals surface area contributed by atoms with Crippen LogP contribution in [0.1, 0.15) is 20.8 Å². The third-order valence-electron chi connectivity index (χ3n) is 2.08. The van der Waals surface area contributed by atoms with Crippen LogP contribution in [0.4, 0.5) is 0 Å². The number of carbonyl (C=O) groups is 3. The largest absolute Gasteiger partial charge is 0.478 e. The topological polar surface area (TPSA) is 89.9 Å². The molecule has 6 nitrogen and oxygen atoms in total. The Morgan fingerprint density at radius 1 is 0.947 bits per heavy atom. The van der Waals surface area contributed by atoms with Crippen molar-refractivity contribution < 1.29 is 29.0 Å². The zero-order chi connectivity index (χ0) is 15.4. The normalized spacial score (nSPS) is 10.3. The predicted molar refractivity (Wildman–Crippen MR) is 67.0 cm³/mol. The van der Waals surface area contributed by atoms with Gasteiger partial charge in [-0.2, -0.15) is 0 Å². The average molecular weight is 268 g/mol. The van der Waals surface area contributed by atoms with E-state index in [0.717, 1.165) is 6.92 Å². The van der Waals surface area contributed by atoms with Crippen molar-refractivity contribution >= 4 is 17.9 Å². The SMILES string of the molecule is C=C(C)C(=O)OC(C)(OC(=O)C(=C)C)C(=C)C(=O)O. The van der Waals surface area contributed by atoms with Gasteiger partial charge >= 0.3 is 17.9 Å². The number of ether oxygens (including phenoxy) is 2. The summed E-state index contributed by atoms with van der Waals surface area (Å²) in [6.45, 7) is 13.8. The standard InChI is InChI=1S/C13H16O6/c1-7(2)11(16)18-13(6,9(5)10(14)15)19-12(17)8(3)4/h1,3,5H2,2,4,6H3,(H,14,15). The number of carbonyl (C=O) groups excluding carboxylic acids is 2. The fraction of sp³-hybridized carbons (Fsp3) is 0.308. The van der Waals surface area contributed by atoms with E-state index in [1.807, 2.05) is 0 Å². The van der Waals surface area contributed by atoms with Crippen molar-refractivity contribution in [1.82, 2.24) is 0 Å². The summed E-state index contributed by atoms with van der Waals surface area (Å²) in [5.41, 5.74) is -0.553. The minimum atomic E-state index is -2.13. The molecule has 0 aromatic carbocycles. The maximum absolute atomic E-state index is 11.5. The van der Waals surface area contributed by atoms with Gasteiger partial charge < -0.3 is 14.6 Å². The lowest BCUT2D eigenvalue weighted by atomic mass is 10.1.